The Balaban J connectivity index is 1.51. The molecule has 2 heterocycles. The van der Waals surface area contributed by atoms with Gasteiger partial charge in [0.15, 0.2) is 0 Å². The van der Waals surface area contributed by atoms with Gasteiger partial charge in [-0.15, -0.1) is 0 Å². The van der Waals surface area contributed by atoms with Crippen molar-refractivity contribution in [1.82, 2.24) is 14.5 Å². The SMILES string of the molecule is O=C1CCCN1CCc1ccc(S(=O)(=O)NCC(=O)N2CCCCC2)cc1. The molecule has 0 saturated carbocycles. The molecular formula is C19H27N3O4S. The summed E-state index contributed by atoms with van der Waals surface area (Å²) in [5, 5.41) is 0. The van der Waals surface area contributed by atoms with Gasteiger partial charge in [-0.05, 0) is 49.8 Å². The van der Waals surface area contributed by atoms with E-state index in [2.05, 4.69) is 4.72 Å². The molecular weight excluding hydrogens is 366 g/mol. The zero-order valence-corrected chi connectivity index (χ0v) is 16.3. The number of rotatable bonds is 7. The van der Waals surface area contributed by atoms with Gasteiger partial charge in [-0.3, -0.25) is 9.59 Å². The lowest BCUT2D eigenvalue weighted by molar-refractivity contribution is -0.130. The van der Waals surface area contributed by atoms with Crippen molar-refractivity contribution in [2.45, 2.75) is 43.4 Å². The fraction of sp³-hybridized carbons (Fsp3) is 0.579. The van der Waals surface area contributed by atoms with E-state index in [-0.39, 0.29) is 23.3 Å². The predicted molar refractivity (Wildman–Crippen MR) is 102 cm³/mol. The molecule has 0 aromatic heterocycles. The zero-order chi connectivity index (χ0) is 19.3. The summed E-state index contributed by atoms with van der Waals surface area (Å²) in [4.78, 5) is 27.5. The highest BCUT2D eigenvalue weighted by Gasteiger charge is 2.21. The summed E-state index contributed by atoms with van der Waals surface area (Å²) in [6.07, 6.45) is 5.31. The average molecular weight is 394 g/mol. The van der Waals surface area contributed by atoms with Gasteiger partial charge in [0.1, 0.15) is 0 Å². The molecule has 0 atom stereocenters. The van der Waals surface area contributed by atoms with Crippen LogP contribution < -0.4 is 4.72 Å². The Bertz CT molecular complexity index is 771. The molecule has 7 nitrogen and oxygen atoms in total. The van der Waals surface area contributed by atoms with Crippen LogP contribution in [0.1, 0.15) is 37.7 Å². The number of benzene rings is 1. The molecule has 8 heteroatoms. The van der Waals surface area contributed by atoms with Crippen molar-refractivity contribution in [2.75, 3.05) is 32.7 Å². The van der Waals surface area contributed by atoms with Crippen molar-refractivity contribution in [3.05, 3.63) is 29.8 Å². The summed E-state index contributed by atoms with van der Waals surface area (Å²) in [6.45, 7) is 2.67. The highest BCUT2D eigenvalue weighted by Crippen LogP contribution is 2.14. The number of likely N-dealkylation sites (tertiary alicyclic amines) is 2. The fourth-order valence-corrected chi connectivity index (χ4v) is 4.51. The van der Waals surface area contributed by atoms with Gasteiger partial charge in [0, 0.05) is 32.6 Å². The van der Waals surface area contributed by atoms with E-state index in [1.807, 2.05) is 4.90 Å². The second-order valence-corrected chi connectivity index (χ2v) is 8.91. The minimum absolute atomic E-state index is 0.148. The van der Waals surface area contributed by atoms with Gasteiger partial charge in [0.2, 0.25) is 21.8 Å². The number of carbonyl (C=O) groups is 2. The highest BCUT2D eigenvalue weighted by molar-refractivity contribution is 7.89. The molecule has 2 aliphatic rings. The third-order valence-corrected chi connectivity index (χ3v) is 6.61. The van der Waals surface area contributed by atoms with Crippen LogP contribution in [-0.4, -0.2) is 62.8 Å². The lowest BCUT2D eigenvalue weighted by Crippen LogP contribution is -2.42. The van der Waals surface area contributed by atoms with Crippen LogP contribution in [0.4, 0.5) is 0 Å². The van der Waals surface area contributed by atoms with E-state index < -0.39 is 10.0 Å². The third-order valence-electron chi connectivity index (χ3n) is 5.20. The summed E-state index contributed by atoms with van der Waals surface area (Å²) in [5.74, 6) is 0.0157. The van der Waals surface area contributed by atoms with E-state index in [1.54, 1.807) is 29.2 Å². The zero-order valence-electron chi connectivity index (χ0n) is 15.5. The molecule has 0 unspecified atom stereocenters. The van der Waals surface area contributed by atoms with Gasteiger partial charge >= 0.3 is 0 Å². The van der Waals surface area contributed by atoms with Crippen LogP contribution in [0.25, 0.3) is 0 Å². The van der Waals surface area contributed by atoms with Gasteiger partial charge in [0.05, 0.1) is 11.4 Å². The Morgan fingerprint density at radius 2 is 1.70 bits per heavy atom. The first-order valence-electron chi connectivity index (χ1n) is 9.60. The first-order valence-corrected chi connectivity index (χ1v) is 11.1. The number of piperidine rings is 1. The number of sulfonamides is 1. The van der Waals surface area contributed by atoms with Crippen LogP contribution in [0.3, 0.4) is 0 Å². The normalized spacial score (nSPS) is 18.1. The monoisotopic (exact) mass is 393 g/mol. The Morgan fingerprint density at radius 1 is 1.00 bits per heavy atom. The third kappa shape index (κ3) is 5.29. The van der Waals surface area contributed by atoms with Crippen molar-refractivity contribution in [1.29, 1.82) is 0 Å². The molecule has 0 aliphatic carbocycles. The van der Waals surface area contributed by atoms with Gasteiger partial charge in [-0.1, -0.05) is 12.1 Å². The van der Waals surface area contributed by atoms with Crippen molar-refractivity contribution >= 4 is 21.8 Å². The molecule has 2 fully saturated rings. The van der Waals surface area contributed by atoms with Crippen LogP contribution in [0.15, 0.2) is 29.2 Å². The first kappa shape index (κ1) is 19.8. The Hall–Kier alpha value is -1.93. The molecule has 2 amide bonds. The smallest absolute Gasteiger partial charge is 0.241 e. The van der Waals surface area contributed by atoms with Crippen molar-refractivity contribution in [2.24, 2.45) is 0 Å². The molecule has 1 N–H and O–H groups in total. The van der Waals surface area contributed by atoms with Crippen LogP contribution in [0.5, 0.6) is 0 Å². The van der Waals surface area contributed by atoms with Crippen molar-refractivity contribution in [3.8, 4) is 0 Å². The quantitative estimate of drug-likeness (QED) is 0.753. The number of carbonyl (C=O) groups excluding carboxylic acids is 2. The number of amides is 2. The second-order valence-electron chi connectivity index (χ2n) is 7.14. The van der Waals surface area contributed by atoms with E-state index in [0.717, 1.165) is 37.8 Å². The molecule has 3 rings (SSSR count). The molecule has 148 valence electrons. The maximum absolute atomic E-state index is 12.4. The molecule has 2 aliphatic heterocycles. The summed E-state index contributed by atoms with van der Waals surface area (Å²) < 4.78 is 27.2. The molecule has 1 aromatic rings. The lowest BCUT2D eigenvalue weighted by atomic mass is 10.1. The van der Waals surface area contributed by atoms with E-state index in [0.29, 0.717) is 32.5 Å². The van der Waals surface area contributed by atoms with Crippen LogP contribution >= 0.6 is 0 Å². The molecule has 0 spiro atoms. The topological polar surface area (TPSA) is 86.8 Å². The molecule has 27 heavy (non-hydrogen) atoms. The number of hydrogen-bond acceptors (Lipinski definition) is 4. The first-order chi connectivity index (χ1) is 13.0. The van der Waals surface area contributed by atoms with Gasteiger partial charge in [-0.25, -0.2) is 13.1 Å². The number of hydrogen-bond donors (Lipinski definition) is 1. The van der Waals surface area contributed by atoms with Crippen molar-refractivity contribution < 1.29 is 18.0 Å². The van der Waals surface area contributed by atoms with Crippen LogP contribution in [0.2, 0.25) is 0 Å². The summed E-state index contributed by atoms with van der Waals surface area (Å²) >= 11 is 0. The second kappa shape index (κ2) is 8.84. The highest BCUT2D eigenvalue weighted by atomic mass is 32.2. The van der Waals surface area contributed by atoms with E-state index in [9.17, 15) is 18.0 Å². The molecule has 0 bridgehead atoms. The Morgan fingerprint density at radius 3 is 2.33 bits per heavy atom. The molecule has 2 saturated heterocycles. The number of nitrogens with one attached hydrogen (secondary N) is 1. The Labute approximate surface area is 160 Å². The van der Waals surface area contributed by atoms with Gasteiger partial charge in [-0.2, -0.15) is 0 Å². The molecule has 1 aromatic carbocycles. The van der Waals surface area contributed by atoms with Gasteiger partial charge < -0.3 is 9.80 Å². The standard InChI is InChI=1S/C19H27N3O4S/c23-18-5-4-13-22(18)14-10-16-6-8-17(9-7-16)27(25,26)20-15-19(24)21-11-2-1-3-12-21/h6-9,20H,1-5,10-15H2. The van der Waals surface area contributed by atoms with E-state index in [4.69, 9.17) is 0 Å². The maximum atomic E-state index is 12.4. The summed E-state index contributed by atoms with van der Waals surface area (Å²) in [7, 11) is -3.71. The van der Waals surface area contributed by atoms with Crippen LogP contribution in [0, 0.1) is 0 Å². The number of nitrogens with zero attached hydrogens (tertiary/aromatic N) is 2. The minimum atomic E-state index is -3.71. The predicted octanol–water partition coefficient (Wildman–Crippen LogP) is 1.14. The fourth-order valence-electron chi connectivity index (χ4n) is 3.53. The van der Waals surface area contributed by atoms with E-state index >= 15 is 0 Å². The average Bonchev–Trinajstić information content (AvgIpc) is 3.10. The van der Waals surface area contributed by atoms with Crippen LogP contribution in [-0.2, 0) is 26.0 Å². The summed E-state index contributed by atoms with van der Waals surface area (Å²) in [5.41, 5.74) is 0.984. The van der Waals surface area contributed by atoms with E-state index in [1.165, 1.54) is 0 Å². The van der Waals surface area contributed by atoms with Gasteiger partial charge in [0.25, 0.3) is 0 Å². The Kier molecular flexibility index (Phi) is 6.49. The maximum Gasteiger partial charge on any atom is 0.241 e. The summed E-state index contributed by atoms with van der Waals surface area (Å²) in [6, 6.07) is 6.63. The lowest BCUT2D eigenvalue weighted by Gasteiger charge is -2.26. The minimum Gasteiger partial charge on any atom is -0.342 e. The largest absolute Gasteiger partial charge is 0.342 e. The molecule has 0 radical (unpaired) electrons. The van der Waals surface area contributed by atoms with Crippen molar-refractivity contribution in [3.63, 3.8) is 0 Å².